The normalized spacial score (nSPS) is 14.5. The van der Waals surface area contributed by atoms with Crippen molar-refractivity contribution in [3.8, 4) is 5.75 Å². The van der Waals surface area contributed by atoms with Gasteiger partial charge in [-0.1, -0.05) is 25.5 Å². The van der Waals surface area contributed by atoms with E-state index in [-0.39, 0.29) is 11.0 Å². The fourth-order valence-corrected chi connectivity index (χ4v) is 3.93. The zero-order valence-corrected chi connectivity index (χ0v) is 17.3. The molecule has 0 aliphatic heterocycles. The molecule has 0 radical (unpaired) electrons. The van der Waals surface area contributed by atoms with Crippen molar-refractivity contribution in [2.24, 2.45) is 5.73 Å². The van der Waals surface area contributed by atoms with E-state index in [1.54, 1.807) is 19.2 Å². The SMILES string of the molecule is CCCc1c(OC)ccc2cc(C(=O)Nc3ccc(C4(CN)CC4)cc3)c(=O)oc12. The van der Waals surface area contributed by atoms with Gasteiger partial charge in [0.15, 0.2) is 0 Å². The first-order valence-electron chi connectivity index (χ1n) is 10.3. The van der Waals surface area contributed by atoms with Gasteiger partial charge in [-0.15, -0.1) is 0 Å². The van der Waals surface area contributed by atoms with Crippen molar-refractivity contribution < 1.29 is 13.9 Å². The highest BCUT2D eigenvalue weighted by atomic mass is 16.5. The second-order valence-electron chi connectivity index (χ2n) is 7.88. The van der Waals surface area contributed by atoms with Crippen LogP contribution in [-0.2, 0) is 11.8 Å². The standard InChI is InChI=1S/C24H26N2O4/c1-3-4-18-20(29-2)10-5-15-13-19(23(28)30-21(15)18)22(27)26-17-8-6-16(7-9-17)24(14-25)11-12-24/h5-10,13H,3-4,11-12,14,25H2,1-2H3,(H,26,27). The summed E-state index contributed by atoms with van der Waals surface area (Å²) in [6.45, 7) is 2.67. The number of amides is 1. The summed E-state index contributed by atoms with van der Waals surface area (Å²) >= 11 is 0. The number of hydrogen-bond acceptors (Lipinski definition) is 5. The van der Waals surface area contributed by atoms with Gasteiger partial charge in [0, 0.05) is 28.6 Å². The minimum absolute atomic E-state index is 0.0280. The summed E-state index contributed by atoms with van der Waals surface area (Å²) in [5, 5.41) is 3.48. The third-order valence-corrected chi connectivity index (χ3v) is 5.93. The van der Waals surface area contributed by atoms with Gasteiger partial charge in [-0.2, -0.15) is 0 Å². The smallest absolute Gasteiger partial charge is 0.349 e. The number of carbonyl (C=O) groups excluding carboxylic acids is 1. The number of anilines is 1. The van der Waals surface area contributed by atoms with Gasteiger partial charge in [-0.05, 0) is 55.2 Å². The molecule has 30 heavy (non-hydrogen) atoms. The van der Waals surface area contributed by atoms with Gasteiger partial charge in [0.05, 0.1) is 7.11 Å². The molecule has 4 rings (SSSR count). The first-order valence-corrected chi connectivity index (χ1v) is 10.3. The maximum Gasteiger partial charge on any atom is 0.349 e. The molecule has 1 fully saturated rings. The Kier molecular flexibility index (Phi) is 5.35. The lowest BCUT2D eigenvalue weighted by Gasteiger charge is -2.14. The zero-order chi connectivity index (χ0) is 21.3. The minimum Gasteiger partial charge on any atom is -0.496 e. The molecule has 1 aliphatic rings. The Morgan fingerprint density at radius 3 is 2.53 bits per heavy atom. The number of ether oxygens (including phenoxy) is 1. The lowest BCUT2D eigenvalue weighted by atomic mass is 9.96. The van der Waals surface area contributed by atoms with E-state index >= 15 is 0 Å². The Morgan fingerprint density at radius 2 is 1.93 bits per heavy atom. The van der Waals surface area contributed by atoms with Crippen molar-refractivity contribution in [2.45, 2.75) is 38.0 Å². The fourth-order valence-electron chi connectivity index (χ4n) is 3.93. The summed E-state index contributed by atoms with van der Waals surface area (Å²) in [6, 6.07) is 12.9. The van der Waals surface area contributed by atoms with E-state index in [4.69, 9.17) is 14.9 Å². The monoisotopic (exact) mass is 406 g/mol. The molecule has 1 amide bonds. The molecule has 1 heterocycles. The lowest BCUT2D eigenvalue weighted by molar-refractivity contribution is 0.102. The van der Waals surface area contributed by atoms with E-state index < -0.39 is 11.5 Å². The second kappa shape index (κ2) is 7.95. The van der Waals surface area contributed by atoms with Crippen LogP contribution in [-0.4, -0.2) is 19.6 Å². The molecule has 1 saturated carbocycles. The van der Waals surface area contributed by atoms with Crippen molar-refractivity contribution in [1.29, 1.82) is 0 Å². The number of methoxy groups -OCH3 is 1. The van der Waals surface area contributed by atoms with E-state index in [9.17, 15) is 9.59 Å². The second-order valence-corrected chi connectivity index (χ2v) is 7.88. The predicted molar refractivity (Wildman–Crippen MR) is 117 cm³/mol. The molecule has 3 aromatic rings. The van der Waals surface area contributed by atoms with Crippen LogP contribution in [0.2, 0.25) is 0 Å². The summed E-state index contributed by atoms with van der Waals surface area (Å²) < 4.78 is 11.0. The van der Waals surface area contributed by atoms with Crippen LogP contribution in [0.25, 0.3) is 11.0 Å². The van der Waals surface area contributed by atoms with E-state index in [0.29, 0.717) is 35.4 Å². The molecule has 3 N–H and O–H groups in total. The van der Waals surface area contributed by atoms with Crippen LogP contribution < -0.4 is 21.4 Å². The third kappa shape index (κ3) is 3.59. The van der Waals surface area contributed by atoms with Crippen molar-refractivity contribution in [3.63, 3.8) is 0 Å². The first-order chi connectivity index (χ1) is 14.5. The van der Waals surface area contributed by atoms with Crippen LogP contribution in [0.3, 0.4) is 0 Å². The van der Waals surface area contributed by atoms with E-state index in [0.717, 1.165) is 24.8 Å². The summed E-state index contributed by atoms with van der Waals surface area (Å²) in [4.78, 5) is 25.3. The third-order valence-electron chi connectivity index (χ3n) is 5.93. The molecule has 0 atom stereocenters. The van der Waals surface area contributed by atoms with Gasteiger partial charge >= 0.3 is 5.63 Å². The van der Waals surface area contributed by atoms with Gasteiger partial charge in [0.1, 0.15) is 16.9 Å². The van der Waals surface area contributed by atoms with E-state index in [1.807, 2.05) is 37.3 Å². The molecule has 156 valence electrons. The number of aryl methyl sites for hydroxylation is 1. The quantitative estimate of drug-likeness (QED) is 0.579. The summed E-state index contributed by atoms with van der Waals surface area (Å²) in [6.07, 6.45) is 3.78. The molecule has 6 heteroatoms. The van der Waals surface area contributed by atoms with Crippen LogP contribution in [0, 0.1) is 0 Å². The molecule has 0 saturated heterocycles. The predicted octanol–water partition coefficient (Wildman–Crippen LogP) is 4.00. The molecular weight excluding hydrogens is 380 g/mol. The van der Waals surface area contributed by atoms with E-state index in [2.05, 4.69) is 5.32 Å². The first kappa shape index (κ1) is 20.2. The number of nitrogens with two attached hydrogens (primary N) is 1. The maximum absolute atomic E-state index is 12.7. The number of fused-ring (bicyclic) bond motifs is 1. The van der Waals surface area contributed by atoms with Crippen molar-refractivity contribution in [1.82, 2.24) is 0 Å². The van der Waals surface area contributed by atoms with Gasteiger partial charge in [-0.3, -0.25) is 4.79 Å². The van der Waals surface area contributed by atoms with Crippen LogP contribution in [0.4, 0.5) is 5.69 Å². The minimum atomic E-state index is -0.665. The molecule has 0 unspecified atom stereocenters. The maximum atomic E-state index is 12.7. The van der Waals surface area contributed by atoms with Crippen LogP contribution in [0.15, 0.2) is 51.7 Å². The van der Waals surface area contributed by atoms with Gasteiger partial charge < -0.3 is 20.2 Å². The molecule has 1 aliphatic carbocycles. The number of hydrogen-bond donors (Lipinski definition) is 2. The Morgan fingerprint density at radius 1 is 1.20 bits per heavy atom. The summed E-state index contributed by atoms with van der Waals surface area (Å²) in [5.41, 5.74) is 8.40. The lowest BCUT2D eigenvalue weighted by Crippen LogP contribution is -2.21. The van der Waals surface area contributed by atoms with Crippen molar-refractivity contribution in [2.75, 3.05) is 19.0 Å². The van der Waals surface area contributed by atoms with E-state index in [1.165, 1.54) is 5.56 Å². The van der Waals surface area contributed by atoms with Crippen LogP contribution >= 0.6 is 0 Å². The van der Waals surface area contributed by atoms with Gasteiger partial charge in [-0.25, -0.2) is 4.79 Å². The van der Waals surface area contributed by atoms with Crippen molar-refractivity contribution >= 4 is 22.6 Å². The largest absolute Gasteiger partial charge is 0.496 e. The van der Waals surface area contributed by atoms with Crippen LogP contribution in [0.1, 0.15) is 47.7 Å². The topological polar surface area (TPSA) is 94.6 Å². The molecular formula is C24H26N2O4. The Balaban J connectivity index is 1.62. The number of carbonyl (C=O) groups is 1. The number of benzene rings is 2. The zero-order valence-electron chi connectivity index (χ0n) is 17.3. The Labute approximate surface area is 175 Å². The summed E-state index contributed by atoms with van der Waals surface area (Å²) in [5.74, 6) is 0.182. The molecule has 2 aromatic carbocycles. The average molecular weight is 406 g/mol. The Hall–Kier alpha value is -3.12. The Bertz CT molecular complexity index is 1140. The highest BCUT2D eigenvalue weighted by Gasteiger charge is 2.42. The van der Waals surface area contributed by atoms with Crippen molar-refractivity contribution in [3.05, 3.63) is 69.6 Å². The highest BCUT2D eigenvalue weighted by Crippen LogP contribution is 2.47. The van der Waals surface area contributed by atoms with Gasteiger partial charge in [0.2, 0.25) is 0 Å². The molecule has 0 spiro atoms. The molecule has 6 nitrogen and oxygen atoms in total. The summed E-state index contributed by atoms with van der Waals surface area (Å²) in [7, 11) is 1.59. The average Bonchev–Trinajstić information content (AvgIpc) is 3.56. The van der Waals surface area contributed by atoms with Gasteiger partial charge in [0.25, 0.3) is 5.91 Å². The fraction of sp³-hybridized carbons (Fsp3) is 0.333. The number of rotatable bonds is 7. The molecule has 0 bridgehead atoms. The highest BCUT2D eigenvalue weighted by molar-refractivity contribution is 6.05. The van der Waals surface area contributed by atoms with Crippen LogP contribution in [0.5, 0.6) is 5.75 Å². The number of nitrogens with one attached hydrogen (secondary N) is 1. The molecule has 1 aromatic heterocycles.